The second kappa shape index (κ2) is 10.9. The number of hydrogen-bond acceptors (Lipinski definition) is 6. The van der Waals surface area contributed by atoms with Crippen LogP contribution in [0.3, 0.4) is 0 Å². The van der Waals surface area contributed by atoms with Gasteiger partial charge in [-0.3, -0.25) is 4.79 Å². The predicted octanol–water partition coefficient (Wildman–Crippen LogP) is 3.71. The molecule has 2 fully saturated rings. The number of halogens is 1. The number of carbonyl (C=O) groups excluding carboxylic acids is 1. The Kier molecular flexibility index (Phi) is 7.76. The highest BCUT2D eigenvalue weighted by atomic mass is 35.5. The number of hydrogen-bond donors (Lipinski definition) is 3. The van der Waals surface area contributed by atoms with Crippen LogP contribution in [0.5, 0.6) is 0 Å². The average Bonchev–Trinajstić information content (AvgIpc) is 3.27. The normalized spacial score (nSPS) is 23.3. The van der Waals surface area contributed by atoms with Crippen molar-refractivity contribution >= 4 is 29.4 Å². The van der Waals surface area contributed by atoms with Crippen molar-refractivity contribution in [3.05, 3.63) is 64.8 Å². The van der Waals surface area contributed by atoms with Gasteiger partial charge in [0.15, 0.2) is 6.29 Å². The third kappa shape index (κ3) is 6.29. The van der Waals surface area contributed by atoms with Crippen LogP contribution in [0.15, 0.2) is 48.7 Å². The van der Waals surface area contributed by atoms with E-state index in [0.717, 1.165) is 50.8 Å². The van der Waals surface area contributed by atoms with Gasteiger partial charge in [-0.2, -0.15) is 0 Å². The number of hydroxylamine groups is 1. The second-order valence-corrected chi connectivity index (χ2v) is 8.71. The molecule has 3 heterocycles. The number of nitrogens with one attached hydrogen (secondary N) is 3. The number of carbonyl (C=O) groups is 1. The van der Waals surface area contributed by atoms with Crippen LogP contribution in [-0.4, -0.2) is 42.4 Å². The van der Waals surface area contributed by atoms with Crippen LogP contribution in [0.25, 0.3) is 6.08 Å². The molecular formula is C24H29ClN4O3. The summed E-state index contributed by atoms with van der Waals surface area (Å²) < 4.78 is 5.42. The fourth-order valence-corrected chi connectivity index (χ4v) is 4.27. The zero-order chi connectivity index (χ0) is 22.2. The number of nitrogens with zero attached hydrogens (tertiary/aromatic N) is 1. The Bertz CT molecular complexity index is 926. The van der Waals surface area contributed by atoms with Crippen LogP contribution in [0.2, 0.25) is 5.02 Å². The monoisotopic (exact) mass is 456 g/mol. The summed E-state index contributed by atoms with van der Waals surface area (Å²) in [5.74, 6) is 0.280. The molecule has 0 spiro atoms. The highest BCUT2D eigenvalue weighted by molar-refractivity contribution is 6.33. The highest BCUT2D eigenvalue weighted by Gasteiger charge is 2.34. The van der Waals surface area contributed by atoms with Crippen LogP contribution >= 0.6 is 11.6 Å². The Morgan fingerprint density at radius 3 is 2.94 bits per heavy atom. The van der Waals surface area contributed by atoms with Gasteiger partial charge in [0.2, 0.25) is 0 Å². The Morgan fingerprint density at radius 2 is 2.22 bits per heavy atom. The smallest absolute Gasteiger partial charge is 0.267 e. The fourth-order valence-electron chi connectivity index (χ4n) is 4.05. The summed E-state index contributed by atoms with van der Waals surface area (Å²) in [5, 5.41) is 7.53. The zero-order valence-corrected chi connectivity index (χ0v) is 18.7. The number of amides is 1. The van der Waals surface area contributed by atoms with Crippen LogP contribution in [0, 0.1) is 0 Å². The van der Waals surface area contributed by atoms with Crippen LogP contribution in [-0.2, 0) is 20.8 Å². The average molecular weight is 457 g/mol. The van der Waals surface area contributed by atoms with Gasteiger partial charge in [0.25, 0.3) is 5.91 Å². The molecule has 170 valence electrons. The molecule has 2 aromatic rings. The molecule has 2 aliphatic rings. The highest BCUT2D eigenvalue weighted by Crippen LogP contribution is 2.29. The lowest BCUT2D eigenvalue weighted by Gasteiger charge is -2.31. The number of pyridine rings is 1. The summed E-state index contributed by atoms with van der Waals surface area (Å²) in [6.45, 7) is 2.44. The summed E-state index contributed by atoms with van der Waals surface area (Å²) >= 11 is 6.53. The molecule has 1 aromatic carbocycles. The van der Waals surface area contributed by atoms with Gasteiger partial charge >= 0.3 is 0 Å². The molecule has 7 nitrogen and oxygen atoms in total. The van der Waals surface area contributed by atoms with Crippen molar-refractivity contribution in [2.75, 3.05) is 25.0 Å². The topological polar surface area (TPSA) is 84.5 Å². The summed E-state index contributed by atoms with van der Waals surface area (Å²) in [4.78, 5) is 21.8. The van der Waals surface area contributed by atoms with E-state index in [-0.39, 0.29) is 17.7 Å². The maximum Gasteiger partial charge on any atom is 0.267 e. The van der Waals surface area contributed by atoms with Gasteiger partial charge in [-0.25, -0.2) is 15.3 Å². The molecule has 0 radical (unpaired) electrons. The van der Waals surface area contributed by atoms with Crippen molar-refractivity contribution in [1.82, 2.24) is 15.8 Å². The first kappa shape index (κ1) is 22.7. The van der Waals surface area contributed by atoms with E-state index < -0.39 is 0 Å². The van der Waals surface area contributed by atoms with E-state index in [1.807, 2.05) is 6.07 Å². The Hall–Kier alpha value is -2.45. The van der Waals surface area contributed by atoms with E-state index in [4.69, 9.17) is 21.2 Å². The number of benzene rings is 1. The van der Waals surface area contributed by atoms with Crippen molar-refractivity contribution in [1.29, 1.82) is 0 Å². The maximum absolute atomic E-state index is 12.0. The SMILES string of the molecule is O=C(/C=C/c1cnc(N[C@]2(Cc3ccccc3)CCNC2)c(Cl)c1)NOC1CCCCO1. The maximum atomic E-state index is 12.0. The van der Waals surface area contributed by atoms with Gasteiger partial charge in [0.05, 0.1) is 10.6 Å². The predicted molar refractivity (Wildman–Crippen MR) is 125 cm³/mol. The van der Waals surface area contributed by atoms with Gasteiger partial charge in [0.1, 0.15) is 5.82 Å². The lowest BCUT2D eigenvalue weighted by molar-refractivity contribution is -0.198. The van der Waals surface area contributed by atoms with E-state index in [9.17, 15) is 4.79 Å². The standard InChI is InChI=1S/C24H29ClN4O3/c25-20-14-19(9-10-21(30)29-32-22-8-4-5-13-31-22)16-27-23(20)28-24(11-12-26-17-24)15-18-6-2-1-3-7-18/h1-3,6-7,9-10,14,16,22,26H,4-5,8,11-13,15,17H2,(H,27,28)(H,29,30)/b10-9+/t22?,24-/m0/s1. The molecule has 2 atom stereocenters. The van der Waals surface area contributed by atoms with Gasteiger partial charge < -0.3 is 15.4 Å². The lowest BCUT2D eigenvalue weighted by atomic mass is 9.90. The van der Waals surface area contributed by atoms with Crippen LogP contribution in [0.1, 0.15) is 36.8 Å². The molecule has 0 bridgehead atoms. The van der Waals surface area contributed by atoms with Crippen molar-refractivity contribution in [3.8, 4) is 0 Å². The fraction of sp³-hybridized carbons (Fsp3) is 0.417. The van der Waals surface area contributed by atoms with Gasteiger partial charge in [0, 0.05) is 31.8 Å². The summed E-state index contributed by atoms with van der Waals surface area (Å²) in [6, 6.07) is 12.2. The number of aromatic nitrogens is 1. The molecular weight excluding hydrogens is 428 g/mol. The van der Waals surface area contributed by atoms with Gasteiger partial charge in [-0.1, -0.05) is 41.9 Å². The number of anilines is 1. The zero-order valence-electron chi connectivity index (χ0n) is 18.0. The van der Waals surface area contributed by atoms with Crippen LogP contribution in [0.4, 0.5) is 5.82 Å². The first-order chi connectivity index (χ1) is 15.6. The molecule has 1 unspecified atom stereocenters. The van der Waals surface area contributed by atoms with E-state index in [1.165, 1.54) is 11.6 Å². The molecule has 2 saturated heterocycles. The number of ether oxygens (including phenoxy) is 1. The Balaban J connectivity index is 1.35. The third-order valence-electron chi connectivity index (χ3n) is 5.73. The molecule has 1 amide bonds. The first-order valence-corrected chi connectivity index (χ1v) is 11.4. The van der Waals surface area contributed by atoms with E-state index in [0.29, 0.717) is 17.4 Å². The Morgan fingerprint density at radius 1 is 1.34 bits per heavy atom. The molecule has 8 heteroatoms. The van der Waals surface area contributed by atoms with E-state index in [2.05, 4.69) is 45.4 Å². The third-order valence-corrected chi connectivity index (χ3v) is 6.02. The minimum Gasteiger partial charge on any atom is -0.362 e. The van der Waals surface area contributed by atoms with Crippen molar-refractivity contribution < 1.29 is 14.4 Å². The molecule has 32 heavy (non-hydrogen) atoms. The minimum atomic E-state index is -0.379. The Labute approximate surface area is 193 Å². The summed E-state index contributed by atoms with van der Waals surface area (Å²) in [6.07, 6.45) is 9.05. The molecule has 0 saturated carbocycles. The van der Waals surface area contributed by atoms with Crippen molar-refractivity contribution in [2.45, 2.75) is 43.9 Å². The quantitative estimate of drug-likeness (QED) is 0.415. The molecule has 3 N–H and O–H groups in total. The molecule has 1 aromatic heterocycles. The minimum absolute atomic E-state index is 0.145. The summed E-state index contributed by atoms with van der Waals surface area (Å²) in [5.41, 5.74) is 4.25. The molecule has 0 aliphatic carbocycles. The summed E-state index contributed by atoms with van der Waals surface area (Å²) in [7, 11) is 0. The van der Waals surface area contributed by atoms with Crippen molar-refractivity contribution in [3.63, 3.8) is 0 Å². The van der Waals surface area contributed by atoms with Gasteiger partial charge in [-0.15, -0.1) is 0 Å². The second-order valence-electron chi connectivity index (χ2n) is 8.31. The van der Waals surface area contributed by atoms with Crippen LogP contribution < -0.4 is 16.1 Å². The van der Waals surface area contributed by atoms with E-state index in [1.54, 1.807) is 18.3 Å². The van der Waals surface area contributed by atoms with Gasteiger partial charge in [-0.05, 0) is 55.5 Å². The molecule has 4 rings (SSSR count). The first-order valence-electron chi connectivity index (χ1n) is 11.1. The lowest BCUT2D eigenvalue weighted by Crippen LogP contribution is -2.43. The van der Waals surface area contributed by atoms with Crippen molar-refractivity contribution in [2.24, 2.45) is 0 Å². The molecule has 2 aliphatic heterocycles. The largest absolute Gasteiger partial charge is 0.362 e. The number of rotatable bonds is 8. The van der Waals surface area contributed by atoms with E-state index >= 15 is 0 Å².